The molecule has 0 aliphatic carbocycles. The largest absolute Gasteiger partial charge is 0.364 e. The number of piperidine rings is 1. The van der Waals surface area contributed by atoms with Crippen molar-refractivity contribution in [1.82, 2.24) is 20.4 Å². The predicted octanol–water partition coefficient (Wildman–Crippen LogP) is 1.20. The lowest BCUT2D eigenvalue weighted by molar-refractivity contribution is 0.393. The van der Waals surface area contributed by atoms with Gasteiger partial charge < -0.3 is 14.8 Å². The lowest BCUT2D eigenvalue weighted by atomic mass is 9.99. The van der Waals surface area contributed by atoms with Gasteiger partial charge in [0.2, 0.25) is 0 Å². The Morgan fingerprint density at radius 1 is 1.47 bits per heavy atom. The van der Waals surface area contributed by atoms with Gasteiger partial charge in [0.25, 0.3) is 5.89 Å². The monoisotopic (exact) mass is 260 g/mol. The van der Waals surface area contributed by atoms with Crippen LogP contribution in [0.1, 0.15) is 30.3 Å². The van der Waals surface area contributed by atoms with Crippen molar-refractivity contribution < 1.29 is 4.52 Å². The second-order valence-electron chi connectivity index (χ2n) is 4.89. The Morgan fingerprint density at radius 2 is 2.37 bits per heavy atom. The SMILES string of the molecule is Cc1cc(=O)c(-c2nc(C3CCCNC3)no2)c[nH]1. The number of aromatic amines is 1. The summed E-state index contributed by atoms with van der Waals surface area (Å²) in [5.41, 5.74) is 1.13. The van der Waals surface area contributed by atoms with E-state index in [0.717, 1.165) is 31.6 Å². The predicted molar refractivity (Wildman–Crippen MR) is 69.9 cm³/mol. The summed E-state index contributed by atoms with van der Waals surface area (Å²) >= 11 is 0. The second kappa shape index (κ2) is 4.97. The Hall–Kier alpha value is -1.95. The smallest absolute Gasteiger partial charge is 0.263 e. The van der Waals surface area contributed by atoms with E-state index in [-0.39, 0.29) is 11.3 Å². The van der Waals surface area contributed by atoms with Crippen LogP contribution in [-0.4, -0.2) is 28.2 Å². The van der Waals surface area contributed by atoms with Crippen LogP contribution in [0.5, 0.6) is 0 Å². The van der Waals surface area contributed by atoms with Crippen molar-refractivity contribution in [1.29, 1.82) is 0 Å². The average Bonchev–Trinajstić information content (AvgIpc) is 2.89. The van der Waals surface area contributed by atoms with Crippen LogP contribution in [0.15, 0.2) is 21.6 Å². The minimum absolute atomic E-state index is 0.104. The molecule has 0 bridgehead atoms. The molecule has 2 N–H and O–H groups in total. The molecule has 2 aromatic heterocycles. The van der Waals surface area contributed by atoms with E-state index in [9.17, 15) is 4.79 Å². The van der Waals surface area contributed by atoms with Crippen molar-refractivity contribution in [2.24, 2.45) is 0 Å². The molecule has 1 atom stereocenters. The molecule has 3 rings (SSSR count). The van der Waals surface area contributed by atoms with Gasteiger partial charge in [-0.3, -0.25) is 4.79 Å². The number of hydrogen-bond acceptors (Lipinski definition) is 5. The zero-order valence-electron chi connectivity index (χ0n) is 10.8. The molecular formula is C13H16N4O2. The van der Waals surface area contributed by atoms with Crippen LogP contribution in [0, 0.1) is 6.92 Å². The minimum Gasteiger partial charge on any atom is -0.364 e. The number of pyridine rings is 1. The van der Waals surface area contributed by atoms with Crippen LogP contribution >= 0.6 is 0 Å². The molecule has 1 saturated heterocycles. The zero-order chi connectivity index (χ0) is 13.2. The summed E-state index contributed by atoms with van der Waals surface area (Å²) < 4.78 is 5.22. The molecule has 19 heavy (non-hydrogen) atoms. The van der Waals surface area contributed by atoms with Crippen molar-refractivity contribution in [3.63, 3.8) is 0 Å². The summed E-state index contributed by atoms with van der Waals surface area (Å²) in [5.74, 6) is 1.25. The average molecular weight is 260 g/mol. The molecule has 0 saturated carbocycles. The molecule has 0 radical (unpaired) electrons. The van der Waals surface area contributed by atoms with Crippen molar-refractivity contribution in [3.8, 4) is 11.5 Å². The molecule has 6 nitrogen and oxygen atoms in total. The van der Waals surface area contributed by atoms with Gasteiger partial charge in [0.1, 0.15) is 5.56 Å². The van der Waals surface area contributed by atoms with E-state index >= 15 is 0 Å². The first-order valence-corrected chi connectivity index (χ1v) is 6.48. The van der Waals surface area contributed by atoms with E-state index in [1.807, 2.05) is 6.92 Å². The van der Waals surface area contributed by atoms with Crippen LogP contribution in [0.3, 0.4) is 0 Å². The molecular weight excluding hydrogens is 244 g/mol. The van der Waals surface area contributed by atoms with Crippen molar-refractivity contribution in [2.75, 3.05) is 13.1 Å². The molecule has 3 heterocycles. The van der Waals surface area contributed by atoms with Crippen molar-refractivity contribution >= 4 is 0 Å². The third-order valence-electron chi connectivity index (χ3n) is 3.39. The Morgan fingerprint density at radius 3 is 3.11 bits per heavy atom. The van der Waals surface area contributed by atoms with Gasteiger partial charge in [-0.15, -0.1) is 0 Å². The fraction of sp³-hybridized carbons (Fsp3) is 0.462. The summed E-state index contributed by atoms with van der Waals surface area (Å²) in [6.45, 7) is 3.74. The van der Waals surface area contributed by atoms with E-state index in [4.69, 9.17) is 4.52 Å². The van der Waals surface area contributed by atoms with Crippen molar-refractivity contribution in [2.45, 2.75) is 25.7 Å². The van der Waals surface area contributed by atoms with Gasteiger partial charge in [-0.1, -0.05) is 5.16 Å². The Bertz CT molecular complexity index is 626. The molecule has 1 aliphatic heterocycles. The molecule has 0 spiro atoms. The molecule has 0 amide bonds. The van der Waals surface area contributed by atoms with E-state index in [2.05, 4.69) is 20.4 Å². The second-order valence-corrected chi connectivity index (χ2v) is 4.89. The standard InChI is InChI=1S/C13H16N4O2/c1-8-5-11(18)10(7-15-8)13-16-12(17-19-13)9-3-2-4-14-6-9/h5,7,9,14H,2-4,6H2,1H3,(H,15,18). The topological polar surface area (TPSA) is 83.8 Å². The summed E-state index contributed by atoms with van der Waals surface area (Å²) in [4.78, 5) is 19.2. The third kappa shape index (κ3) is 2.44. The number of nitrogens with zero attached hydrogens (tertiary/aromatic N) is 2. The lowest BCUT2D eigenvalue weighted by Gasteiger charge is -2.19. The first-order chi connectivity index (χ1) is 9.24. The highest BCUT2D eigenvalue weighted by atomic mass is 16.5. The summed E-state index contributed by atoms with van der Waals surface area (Å²) in [6, 6.07) is 1.53. The summed E-state index contributed by atoms with van der Waals surface area (Å²) in [7, 11) is 0. The molecule has 1 unspecified atom stereocenters. The molecule has 1 fully saturated rings. The van der Waals surface area contributed by atoms with E-state index in [1.54, 1.807) is 6.20 Å². The number of nitrogens with one attached hydrogen (secondary N) is 2. The Labute approximate surface area is 110 Å². The molecule has 100 valence electrons. The van der Waals surface area contributed by atoms with Crippen LogP contribution in [0.2, 0.25) is 0 Å². The van der Waals surface area contributed by atoms with Gasteiger partial charge in [-0.2, -0.15) is 4.98 Å². The highest BCUT2D eigenvalue weighted by Crippen LogP contribution is 2.22. The minimum atomic E-state index is -0.104. The molecule has 2 aromatic rings. The van der Waals surface area contributed by atoms with Gasteiger partial charge in [0, 0.05) is 30.4 Å². The number of rotatable bonds is 2. The lowest BCUT2D eigenvalue weighted by Crippen LogP contribution is -2.28. The first kappa shape index (κ1) is 12.1. The number of H-pyrrole nitrogens is 1. The fourth-order valence-corrected chi connectivity index (χ4v) is 2.32. The van der Waals surface area contributed by atoms with Gasteiger partial charge in [-0.25, -0.2) is 0 Å². The number of hydrogen-bond donors (Lipinski definition) is 2. The summed E-state index contributed by atoms with van der Waals surface area (Å²) in [5, 5.41) is 7.31. The van der Waals surface area contributed by atoms with Crippen LogP contribution in [0.25, 0.3) is 11.5 Å². The van der Waals surface area contributed by atoms with Crippen LogP contribution in [-0.2, 0) is 0 Å². The zero-order valence-corrected chi connectivity index (χ0v) is 10.8. The maximum absolute atomic E-state index is 11.9. The highest BCUT2D eigenvalue weighted by molar-refractivity contribution is 5.50. The van der Waals surface area contributed by atoms with Crippen LogP contribution in [0.4, 0.5) is 0 Å². The first-order valence-electron chi connectivity index (χ1n) is 6.48. The quantitative estimate of drug-likeness (QED) is 0.847. The maximum atomic E-state index is 11.9. The molecule has 1 aliphatic rings. The van der Waals surface area contributed by atoms with Gasteiger partial charge in [0.15, 0.2) is 11.3 Å². The van der Waals surface area contributed by atoms with E-state index < -0.39 is 0 Å². The maximum Gasteiger partial charge on any atom is 0.263 e. The van der Waals surface area contributed by atoms with Gasteiger partial charge in [-0.05, 0) is 26.3 Å². The van der Waals surface area contributed by atoms with E-state index in [0.29, 0.717) is 17.3 Å². The Kier molecular flexibility index (Phi) is 3.16. The van der Waals surface area contributed by atoms with Crippen molar-refractivity contribution in [3.05, 3.63) is 34.0 Å². The molecule has 6 heteroatoms. The fourth-order valence-electron chi connectivity index (χ4n) is 2.32. The number of aryl methyl sites for hydroxylation is 1. The Balaban J connectivity index is 1.90. The van der Waals surface area contributed by atoms with Gasteiger partial charge in [0.05, 0.1) is 0 Å². The third-order valence-corrected chi connectivity index (χ3v) is 3.39. The van der Waals surface area contributed by atoms with E-state index in [1.165, 1.54) is 6.07 Å². The highest BCUT2D eigenvalue weighted by Gasteiger charge is 2.21. The summed E-state index contributed by atoms with van der Waals surface area (Å²) in [6.07, 6.45) is 3.78. The molecule has 0 aromatic carbocycles. The van der Waals surface area contributed by atoms with Crippen LogP contribution < -0.4 is 10.7 Å². The van der Waals surface area contributed by atoms with Gasteiger partial charge >= 0.3 is 0 Å². The normalized spacial score (nSPS) is 19.5. The number of aromatic nitrogens is 3.